The molecule has 1 amide bonds. The molecule has 2 heterocycles. The summed E-state index contributed by atoms with van der Waals surface area (Å²) in [5, 5.41) is 0.825. The maximum Gasteiger partial charge on any atom is 0.228 e. The van der Waals surface area contributed by atoms with Gasteiger partial charge in [-0.1, -0.05) is 43.4 Å². The van der Waals surface area contributed by atoms with Crippen LogP contribution in [-0.2, 0) is 11.2 Å². The third kappa shape index (κ3) is 6.09. The number of aromatic amines is 1. The molecule has 0 saturated carbocycles. The number of allylic oxidation sites excluding steroid dienone is 4. The molecule has 0 spiro atoms. The number of nitrogens with one attached hydrogen (secondary N) is 1. The average molecular weight is 471 g/mol. The van der Waals surface area contributed by atoms with E-state index in [0.717, 1.165) is 38.9 Å². The molecule has 180 valence electrons. The average Bonchev–Trinajstić information content (AvgIpc) is 2.98. The lowest BCUT2D eigenvalue weighted by atomic mass is 10.0. The van der Waals surface area contributed by atoms with Gasteiger partial charge in [-0.15, -0.1) is 0 Å². The monoisotopic (exact) mass is 470 g/mol. The number of halogens is 1. The van der Waals surface area contributed by atoms with Crippen LogP contribution in [0.1, 0.15) is 33.3 Å². The van der Waals surface area contributed by atoms with Crippen molar-refractivity contribution in [2.75, 3.05) is 11.6 Å². The minimum absolute atomic E-state index is 0.186. The summed E-state index contributed by atoms with van der Waals surface area (Å²) in [7, 11) is 0. The summed E-state index contributed by atoms with van der Waals surface area (Å²) in [6.07, 6.45) is 11.0. The van der Waals surface area contributed by atoms with Crippen LogP contribution >= 0.6 is 0 Å². The van der Waals surface area contributed by atoms with Gasteiger partial charge in [-0.3, -0.25) is 14.7 Å². The molecular formula is C29H31FN4O. The van der Waals surface area contributed by atoms with Crippen molar-refractivity contribution in [3.8, 4) is 11.1 Å². The van der Waals surface area contributed by atoms with Crippen LogP contribution in [0.4, 0.5) is 10.1 Å². The van der Waals surface area contributed by atoms with Gasteiger partial charge in [0, 0.05) is 42.2 Å². The highest BCUT2D eigenvalue weighted by molar-refractivity contribution is 6.06. The third-order valence-corrected chi connectivity index (χ3v) is 5.66. The number of aryl methyl sites for hydroxylation is 1. The molecule has 3 aromatic rings. The number of hydrogen-bond acceptors (Lipinski definition) is 3. The smallest absolute Gasteiger partial charge is 0.228 e. The number of H-pyrrole nitrogens is 1. The summed E-state index contributed by atoms with van der Waals surface area (Å²) in [5.41, 5.74) is 6.16. The highest BCUT2D eigenvalue weighted by Gasteiger charge is 2.21. The predicted molar refractivity (Wildman–Crippen MR) is 142 cm³/mol. The molecular weight excluding hydrogens is 439 g/mol. The molecule has 0 fully saturated rings. The Labute approximate surface area is 206 Å². The van der Waals surface area contributed by atoms with Crippen molar-refractivity contribution in [2.45, 2.75) is 34.1 Å². The lowest BCUT2D eigenvalue weighted by Crippen LogP contribution is -2.27. The number of rotatable bonds is 7. The molecule has 0 radical (unpaired) electrons. The quantitative estimate of drug-likeness (QED) is 0.377. The van der Waals surface area contributed by atoms with E-state index in [-0.39, 0.29) is 5.91 Å². The van der Waals surface area contributed by atoms with Gasteiger partial charge in [-0.2, -0.15) is 0 Å². The lowest BCUT2D eigenvalue weighted by molar-refractivity contribution is -0.116. The standard InChI is InChI=1S/C29H31FN4O/c1-6-23-18-33-28-13-12-24(26-9-7-8-14-31-19-32-17-26)15-27(28)29(23)34(22(5)35)21(4)10-11-25(16-30)20(2)3/h7-15,17-19H,4,6,16H2,1-3,5H3,(H,31,32)/b9-7?,11-10-,14-8?,26-17?. The Morgan fingerprint density at radius 2 is 1.91 bits per heavy atom. The molecule has 5 nitrogen and oxygen atoms in total. The topological polar surface area (TPSA) is 61.9 Å². The summed E-state index contributed by atoms with van der Waals surface area (Å²) < 4.78 is 13.4. The van der Waals surface area contributed by atoms with E-state index in [1.165, 1.54) is 6.92 Å². The van der Waals surface area contributed by atoms with Crippen LogP contribution in [0.2, 0.25) is 0 Å². The van der Waals surface area contributed by atoms with Gasteiger partial charge in [-0.25, -0.2) is 9.37 Å². The van der Waals surface area contributed by atoms with E-state index >= 15 is 0 Å². The molecule has 6 heteroatoms. The van der Waals surface area contributed by atoms with Crippen molar-refractivity contribution in [2.24, 2.45) is 0 Å². The molecule has 0 atom stereocenters. The summed E-state index contributed by atoms with van der Waals surface area (Å²) in [6, 6.07) is 11.7. The van der Waals surface area contributed by atoms with E-state index in [9.17, 15) is 9.18 Å². The van der Waals surface area contributed by atoms with E-state index in [1.54, 1.807) is 42.0 Å². The van der Waals surface area contributed by atoms with Gasteiger partial charge >= 0.3 is 0 Å². The zero-order valence-electron chi connectivity index (χ0n) is 20.7. The van der Waals surface area contributed by atoms with Crippen molar-refractivity contribution in [3.05, 3.63) is 102 Å². The molecule has 0 bridgehead atoms. The van der Waals surface area contributed by atoms with Gasteiger partial charge in [-0.05, 0) is 61.2 Å². The van der Waals surface area contributed by atoms with Crippen molar-refractivity contribution in [1.29, 1.82) is 0 Å². The van der Waals surface area contributed by atoms with E-state index < -0.39 is 6.67 Å². The summed E-state index contributed by atoms with van der Waals surface area (Å²) in [6.45, 7) is 10.8. The molecule has 0 aliphatic heterocycles. The molecule has 3 rings (SSSR count). The molecule has 2 aromatic heterocycles. The number of carbonyl (C=O) groups is 1. The van der Waals surface area contributed by atoms with Crippen LogP contribution in [0.15, 0.2) is 96.9 Å². The maximum absolute atomic E-state index is 13.4. The Hall–Kier alpha value is -4.06. The fraction of sp³-hybridized carbons (Fsp3) is 0.207. The third-order valence-electron chi connectivity index (χ3n) is 5.66. The summed E-state index contributed by atoms with van der Waals surface area (Å²) >= 11 is 0. The Kier molecular flexibility index (Phi) is 8.68. The van der Waals surface area contributed by atoms with Gasteiger partial charge in [0.05, 0.1) is 17.5 Å². The molecule has 1 aromatic carbocycles. The van der Waals surface area contributed by atoms with Crippen LogP contribution < -0.4 is 4.90 Å². The lowest BCUT2D eigenvalue weighted by Gasteiger charge is -2.26. The fourth-order valence-corrected chi connectivity index (χ4v) is 3.73. The Morgan fingerprint density at radius 1 is 1.11 bits per heavy atom. The van der Waals surface area contributed by atoms with Crippen molar-refractivity contribution in [1.82, 2.24) is 15.0 Å². The normalized spacial score (nSPS) is 10.8. The second-order valence-corrected chi connectivity index (χ2v) is 8.30. The molecule has 0 saturated heterocycles. The molecule has 1 N–H and O–H groups in total. The Morgan fingerprint density at radius 3 is 2.60 bits per heavy atom. The maximum atomic E-state index is 13.4. The first kappa shape index (κ1) is 25.6. The van der Waals surface area contributed by atoms with Gasteiger partial charge in [0.15, 0.2) is 0 Å². The Balaban J connectivity index is 2.23. The van der Waals surface area contributed by atoms with Crippen LogP contribution in [0.25, 0.3) is 22.0 Å². The van der Waals surface area contributed by atoms with E-state index in [4.69, 9.17) is 0 Å². The summed E-state index contributed by atoms with van der Waals surface area (Å²) in [5.74, 6) is -0.186. The molecule has 0 aliphatic rings. The van der Waals surface area contributed by atoms with Gasteiger partial charge in [0.25, 0.3) is 0 Å². The Bertz CT molecular complexity index is 1320. The minimum atomic E-state index is -0.580. The number of fused-ring (bicyclic) bond motifs is 1. The van der Waals surface area contributed by atoms with Crippen LogP contribution in [0.3, 0.4) is 0 Å². The van der Waals surface area contributed by atoms with Crippen molar-refractivity contribution < 1.29 is 9.18 Å². The second kappa shape index (κ2) is 11.9. The summed E-state index contributed by atoms with van der Waals surface area (Å²) in [4.78, 5) is 26.4. The number of pyridine rings is 1. The van der Waals surface area contributed by atoms with Gasteiger partial charge in [0.2, 0.25) is 5.91 Å². The first-order valence-corrected chi connectivity index (χ1v) is 11.5. The number of aromatic nitrogens is 3. The van der Waals surface area contributed by atoms with Crippen LogP contribution in [0.5, 0.6) is 0 Å². The predicted octanol–water partition coefficient (Wildman–Crippen LogP) is 7.04. The highest BCUT2D eigenvalue weighted by atomic mass is 19.1. The zero-order valence-corrected chi connectivity index (χ0v) is 20.7. The SMILES string of the molecule is C=C(/C=C\C(CF)=C(C)C)N(C(C)=O)c1c(CC)cnc2ccc(-c3cccc[nH]cnc3)cc12. The fourth-order valence-electron chi connectivity index (χ4n) is 3.73. The highest BCUT2D eigenvalue weighted by Crippen LogP contribution is 2.35. The number of anilines is 1. The number of benzene rings is 1. The van der Waals surface area contributed by atoms with Gasteiger partial charge in [0.1, 0.15) is 6.67 Å². The zero-order chi connectivity index (χ0) is 25.4. The number of alkyl halides is 1. The first-order chi connectivity index (χ1) is 16.9. The van der Waals surface area contributed by atoms with E-state index in [2.05, 4.69) is 21.5 Å². The van der Waals surface area contributed by atoms with Crippen LogP contribution in [-0.4, -0.2) is 27.5 Å². The van der Waals surface area contributed by atoms with Crippen molar-refractivity contribution >= 4 is 22.5 Å². The number of nitrogens with zero attached hydrogens (tertiary/aromatic N) is 3. The van der Waals surface area contributed by atoms with Crippen molar-refractivity contribution in [3.63, 3.8) is 0 Å². The molecule has 0 unspecified atom stereocenters. The second-order valence-electron chi connectivity index (χ2n) is 8.30. The van der Waals surface area contributed by atoms with E-state index in [0.29, 0.717) is 17.7 Å². The minimum Gasteiger partial charge on any atom is -0.353 e. The van der Waals surface area contributed by atoms with E-state index in [1.807, 2.05) is 57.2 Å². The number of amides is 1. The van der Waals surface area contributed by atoms with Gasteiger partial charge < -0.3 is 4.98 Å². The number of hydrogen-bond donors (Lipinski definition) is 1. The van der Waals surface area contributed by atoms with Crippen LogP contribution in [0, 0.1) is 0 Å². The molecule has 35 heavy (non-hydrogen) atoms. The molecule has 0 aliphatic carbocycles. The number of carbonyl (C=O) groups excluding carboxylic acids is 1. The largest absolute Gasteiger partial charge is 0.353 e. The first-order valence-electron chi connectivity index (χ1n) is 11.5.